The SMILES string of the molecule is BC(=O)Nc1ccccc1. The Morgan fingerprint density at radius 2 is 1.90 bits per heavy atom. The second-order valence-corrected chi connectivity index (χ2v) is 2.05. The summed E-state index contributed by atoms with van der Waals surface area (Å²) in [6, 6.07) is 9.37. The van der Waals surface area contributed by atoms with E-state index in [1.54, 1.807) is 0 Å². The van der Waals surface area contributed by atoms with Gasteiger partial charge in [-0.15, -0.1) is 0 Å². The maximum Gasteiger partial charge on any atom is 0.216 e. The van der Waals surface area contributed by atoms with Crippen LogP contribution in [-0.2, 0) is 0 Å². The summed E-state index contributed by atoms with van der Waals surface area (Å²) in [5.41, 5.74) is 0.843. The van der Waals surface area contributed by atoms with E-state index in [2.05, 4.69) is 5.32 Å². The van der Waals surface area contributed by atoms with Gasteiger partial charge in [0.05, 0.1) is 0 Å². The van der Waals surface area contributed by atoms with Crippen LogP contribution in [0.25, 0.3) is 0 Å². The summed E-state index contributed by atoms with van der Waals surface area (Å²) in [5, 5.41) is 2.67. The minimum absolute atomic E-state index is 0.0359. The van der Waals surface area contributed by atoms with Crippen molar-refractivity contribution in [1.29, 1.82) is 0 Å². The van der Waals surface area contributed by atoms with Gasteiger partial charge in [0.2, 0.25) is 7.85 Å². The summed E-state index contributed by atoms with van der Waals surface area (Å²) < 4.78 is 0. The topological polar surface area (TPSA) is 29.1 Å². The summed E-state index contributed by atoms with van der Waals surface area (Å²) in [4.78, 5) is 10.5. The first kappa shape index (κ1) is 6.87. The number of benzene rings is 1. The Morgan fingerprint density at radius 1 is 1.30 bits per heavy atom. The molecule has 0 atom stereocenters. The zero-order chi connectivity index (χ0) is 7.40. The van der Waals surface area contributed by atoms with Gasteiger partial charge in [-0.05, 0) is 12.1 Å². The molecule has 0 fully saturated rings. The van der Waals surface area contributed by atoms with Gasteiger partial charge in [0, 0.05) is 5.69 Å². The van der Waals surface area contributed by atoms with Crippen molar-refractivity contribution in [2.45, 2.75) is 0 Å². The van der Waals surface area contributed by atoms with Crippen LogP contribution >= 0.6 is 0 Å². The van der Waals surface area contributed by atoms with Crippen molar-refractivity contribution in [3.63, 3.8) is 0 Å². The number of amides is 1. The number of nitrogens with one attached hydrogen (secondary N) is 1. The normalized spacial score (nSPS) is 8.80. The first-order chi connectivity index (χ1) is 4.79. The van der Waals surface area contributed by atoms with E-state index in [-0.39, 0.29) is 5.81 Å². The quantitative estimate of drug-likeness (QED) is 0.565. The summed E-state index contributed by atoms with van der Waals surface area (Å²) in [6.07, 6.45) is 0. The lowest BCUT2D eigenvalue weighted by molar-refractivity contribution is 0.269. The van der Waals surface area contributed by atoms with E-state index in [1.807, 2.05) is 30.3 Å². The summed E-state index contributed by atoms with van der Waals surface area (Å²) in [7, 11) is 1.49. The molecule has 1 amide bonds. The minimum atomic E-state index is -0.0359. The van der Waals surface area contributed by atoms with Crippen LogP contribution in [0.4, 0.5) is 10.5 Å². The second-order valence-electron chi connectivity index (χ2n) is 2.05. The Bertz CT molecular complexity index is 222. The van der Waals surface area contributed by atoms with E-state index in [4.69, 9.17) is 0 Å². The summed E-state index contributed by atoms with van der Waals surface area (Å²) in [6.45, 7) is 0. The lowest BCUT2D eigenvalue weighted by Gasteiger charge is -1.98. The molecule has 0 saturated carbocycles. The molecule has 1 rings (SSSR count). The molecule has 0 aromatic heterocycles. The fourth-order valence-electron chi connectivity index (χ4n) is 0.725. The molecule has 10 heavy (non-hydrogen) atoms. The Hall–Kier alpha value is -1.25. The van der Waals surface area contributed by atoms with Crippen LogP contribution < -0.4 is 5.32 Å². The van der Waals surface area contributed by atoms with Crippen LogP contribution in [0.1, 0.15) is 0 Å². The lowest BCUT2D eigenvalue weighted by Crippen LogP contribution is -2.07. The number of rotatable bonds is 1. The lowest BCUT2D eigenvalue weighted by atomic mass is 10.1. The van der Waals surface area contributed by atoms with Crippen LogP contribution in [0.3, 0.4) is 0 Å². The third-order valence-corrected chi connectivity index (χ3v) is 1.09. The Balaban J connectivity index is 2.67. The minimum Gasteiger partial charge on any atom is -0.335 e. The second kappa shape index (κ2) is 3.06. The van der Waals surface area contributed by atoms with Gasteiger partial charge < -0.3 is 5.32 Å². The van der Waals surface area contributed by atoms with Gasteiger partial charge in [0.25, 0.3) is 0 Å². The molecule has 0 unspecified atom stereocenters. The van der Waals surface area contributed by atoms with Gasteiger partial charge in [-0.25, -0.2) is 0 Å². The van der Waals surface area contributed by atoms with E-state index < -0.39 is 0 Å². The Kier molecular flexibility index (Phi) is 2.10. The average molecular weight is 133 g/mol. The smallest absolute Gasteiger partial charge is 0.216 e. The monoisotopic (exact) mass is 133 g/mol. The molecule has 0 spiro atoms. The number of carbonyl (C=O) groups excluding carboxylic acids is 1. The first-order valence-corrected chi connectivity index (χ1v) is 3.11. The number of hydrogen-bond donors (Lipinski definition) is 1. The van der Waals surface area contributed by atoms with Gasteiger partial charge in [-0.3, -0.25) is 4.79 Å². The third kappa shape index (κ3) is 1.93. The van der Waals surface area contributed by atoms with Gasteiger partial charge in [0.1, 0.15) is 0 Å². The fraction of sp³-hybridized carbons (Fsp3) is 0. The molecule has 0 aliphatic heterocycles. The van der Waals surface area contributed by atoms with E-state index in [0.29, 0.717) is 0 Å². The van der Waals surface area contributed by atoms with Crippen LogP contribution in [0.2, 0.25) is 0 Å². The Labute approximate surface area is 60.7 Å². The molecule has 2 nitrogen and oxygen atoms in total. The number of para-hydroxylation sites is 1. The molecule has 0 bridgehead atoms. The van der Waals surface area contributed by atoms with Crippen LogP contribution in [0.5, 0.6) is 0 Å². The van der Waals surface area contributed by atoms with Crippen molar-refractivity contribution in [1.82, 2.24) is 0 Å². The number of anilines is 1. The standard InChI is InChI=1S/C7H8BNO/c8-7(10)9-6-4-2-1-3-5-6/h1-5H,8H2,(H,9,10). The van der Waals surface area contributed by atoms with Crippen molar-refractivity contribution in [3.05, 3.63) is 30.3 Å². The van der Waals surface area contributed by atoms with E-state index in [1.165, 1.54) is 7.85 Å². The Morgan fingerprint density at radius 3 is 2.40 bits per heavy atom. The van der Waals surface area contributed by atoms with Crippen molar-refractivity contribution in [3.8, 4) is 0 Å². The molecule has 0 saturated heterocycles. The van der Waals surface area contributed by atoms with Crippen LogP contribution in [-0.4, -0.2) is 13.7 Å². The van der Waals surface area contributed by atoms with Crippen LogP contribution in [0, 0.1) is 0 Å². The molecular formula is C7H8BNO. The fourth-order valence-corrected chi connectivity index (χ4v) is 0.725. The highest BCUT2D eigenvalue weighted by Gasteiger charge is 1.90. The number of hydrogen-bond acceptors (Lipinski definition) is 1. The molecule has 1 aromatic carbocycles. The molecule has 1 N–H and O–H groups in total. The molecule has 0 aliphatic rings. The largest absolute Gasteiger partial charge is 0.335 e. The highest BCUT2D eigenvalue weighted by Crippen LogP contribution is 2.03. The molecule has 3 heteroatoms. The number of carbonyl (C=O) groups is 1. The van der Waals surface area contributed by atoms with Crippen molar-refractivity contribution in [2.24, 2.45) is 0 Å². The molecular weight excluding hydrogens is 125 g/mol. The van der Waals surface area contributed by atoms with Crippen LogP contribution in [0.15, 0.2) is 30.3 Å². The molecule has 50 valence electrons. The maximum absolute atomic E-state index is 10.5. The molecule has 0 aliphatic carbocycles. The molecule has 1 aromatic rings. The zero-order valence-electron chi connectivity index (χ0n) is 5.79. The highest BCUT2D eigenvalue weighted by molar-refractivity contribution is 6.60. The first-order valence-electron chi connectivity index (χ1n) is 3.11. The van der Waals surface area contributed by atoms with E-state index in [9.17, 15) is 4.79 Å². The summed E-state index contributed by atoms with van der Waals surface area (Å²) in [5.74, 6) is -0.0359. The zero-order valence-corrected chi connectivity index (χ0v) is 5.79. The predicted octanol–water partition coefficient (Wildman–Crippen LogP) is 0.852. The highest BCUT2D eigenvalue weighted by atomic mass is 16.1. The predicted molar refractivity (Wildman–Crippen MR) is 44.0 cm³/mol. The van der Waals surface area contributed by atoms with Crippen molar-refractivity contribution >= 4 is 19.3 Å². The molecule has 0 heterocycles. The summed E-state index contributed by atoms with van der Waals surface area (Å²) >= 11 is 0. The third-order valence-electron chi connectivity index (χ3n) is 1.09. The van der Waals surface area contributed by atoms with Gasteiger partial charge in [-0.2, -0.15) is 0 Å². The maximum atomic E-state index is 10.5. The van der Waals surface area contributed by atoms with Gasteiger partial charge in [-0.1, -0.05) is 18.2 Å². The van der Waals surface area contributed by atoms with Crippen molar-refractivity contribution in [2.75, 3.05) is 5.32 Å². The van der Waals surface area contributed by atoms with Gasteiger partial charge >= 0.3 is 0 Å². The van der Waals surface area contributed by atoms with E-state index in [0.717, 1.165) is 5.69 Å². The van der Waals surface area contributed by atoms with Gasteiger partial charge in [0.15, 0.2) is 5.81 Å². The average Bonchev–Trinajstić information content (AvgIpc) is 1.88. The molecule has 0 radical (unpaired) electrons. The van der Waals surface area contributed by atoms with Crippen molar-refractivity contribution < 1.29 is 4.79 Å². The van der Waals surface area contributed by atoms with E-state index >= 15 is 0 Å².